The minimum absolute atomic E-state index is 0.102. The van der Waals surface area contributed by atoms with Gasteiger partial charge >= 0.3 is 17.7 Å². The first-order valence-corrected chi connectivity index (χ1v) is 10.9. The van der Waals surface area contributed by atoms with E-state index in [1.54, 1.807) is 6.20 Å². The second-order valence-corrected chi connectivity index (χ2v) is 8.88. The van der Waals surface area contributed by atoms with Crippen molar-refractivity contribution in [3.8, 4) is 6.01 Å². The van der Waals surface area contributed by atoms with Crippen LogP contribution in [0, 0.1) is 11.8 Å². The standard InChI is InChI=1S/C19H20N8O3S/c1-30-16-23-17(31-25-16)24-18(28)26-7-9-4-11(5-10(9)8-26)27-14-12-2-3-20-15(12)21-6-13(14)22-19(27)29/h2-3,6,9-11H,4-5,7-8H2,1H3,(H,20,21)(H,22,29)(H,23,24,25,28)/t9-,10?,11+/m0/s1. The second kappa shape index (κ2) is 6.80. The SMILES string of the molecule is COc1nsc(NC(=O)N2CC3C[C@H](n4c(=O)[nH]c5cnc6[nH]ccc6c54)C[C@H]3C2)n1. The summed E-state index contributed by atoms with van der Waals surface area (Å²) in [6.07, 6.45) is 5.27. The highest BCUT2D eigenvalue weighted by molar-refractivity contribution is 7.10. The molecule has 4 aromatic rings. The number of nitrogens with zero attached hydrogens (tertiary/aromatic N) is 5. The van der Waals surface area contributed by atoms with Crippen LogP contribution < -0.4 is 15.7 Å². The maximum absolute atomic E-state index is 12.8. The van der Waals surface area contributed by atoms with Crippen molar-refractivity contribution < 1.29 is 9.53 Å². The maximum atomic E-state index is 12.8. The Labute approximate surface area is 179 Å². The summed E-state index contributed by atoms with van der Waals surface area (Å²) in [5.41, 5.74) is 2.33. The fourth-order valence-corrected chi connectivity index (χ4v) is 5.66. The van der Waals surface area contributed by atoms with Gasteiger partial charge in [0.15, 0.2) is 0 Å². The average Bonchev–Trinajstić information content (AvgIpc) is 3.53. The van der Waals surface area contributed by atoms with Gasteiger partial charge in [-0.2, -0.15) is 4.98 Å². The third-order valence-electron chi connectivity index (χ3n) is 6.44. The minimum Gasteiger partial charge on any atom is -0.466 e. The molecule has 2 aliphatic rings. The van der Waals surface area contributed by atoms with Gasteiger partial charge in [-0.25, -0.2) is 14.6 Å². The first-order valence-electron chi connectivity index (χ1n) is 10.1. The summed E-state index contributed by atoms with van der Waals surface area (Å²) in [7, 11) is 1.49. The molecule has 0 bridgehead atoms. The van der Waals surface area contributed by atoms with Crippen LogP contribution in [0.4, 0.5) is 9.93 Å². The number of carbonyl (C=O) groups is 1. The minimum atomic E-state index is -0.172. The molecule has 0 aromatic carbocycles. The molecule has 2 amide bonds. The van der Waals surface area contributed by atoms with Gasteiger partial charge in [0.25, 0.3) is 0 Å². The van der Waals surface area contributed by atoms with E-state index < -0.39 is 0 Å². The molecule has 3 atom stereocenters. The zero-order chi connectivity index (χ0) is 21.1. The molecule has 31 heavy (non-hydrogen) atoms. The van der Waals surface area contributed by atoms with Gasteiger partial charge in [0.1, 0.15) is 5.65 Å². The van der Waals surface area contributed by atoms with Crippen LogP contribution in [0.5, 0.6) is 6.01 Å². The molecule has 160 valence electrons. The van der Waals surface area contributed by atoms with Crippen molar-refractivity contribution in [2.45, 2.75) is 18.9 Å². The van der Waals surface area contributed by atoms with Crippen LogP contribution in [-0.2, 0) is 0 Å². The number of pyridine rings is 1. The van der Waals surface area contributed by atoms with E-state index in [1.807, 2.05) is 21.7 Å². The van der Waals surface area contributed by atoms with Crippen LogP contribution in [0.15, 0.2) is 23.3 Å². The monoisotopic (exact) mass is 440 g/mol. The zero-order valence-electron chi connectivity index (χ0n) is 16.7. The molecular weight excluding hydrogens is 420 g/mol. The van der Waals surface area contributed by atoms with Gasteiger partial charge < -0.3 is 19.6 Å². The summed E-state index contributed by atoms with van der Waals surface area (Å²) in [6.45, 7) is 1.34. The molecule has 1 saturated heterocycles. The summed E-state index contributed by atoms with van der Waals surface area (Å²) in [5.74, 6) is 0.722. The molecule has 6 rings (SSSR count). The Morgan fingerprint density at radius 2 is 2.13 bits per heavy atom. The molecule has 3 N–H and O–H groups in total. The van der Waals surface area contributed by atoms with Gasteiger partial charge in [-0.3, -0.25) is 9.88 Å². The zero-order valence-corrected chi connectivity index (χ0v) is 17.5. The summed E-state index contributed by atoms with van der Waals surface area (Å²) in [6, 6.07) is 2.14. The smallest absolute Gasteiger partial charge is 0.329 e. The predicted octanol–water partition coefficient (Wildman–Crippen LogP) is 2.18. The third-order valence-corrected chi connectivity index (χ3v) is 7.06. The molecule has 11 nitrogen and oxygen atoms in total. The van der Waals surface area contributed by atoms with Gasteiger partial charge in [0.2, 0.25) is 5.13 Å². The lowest BCUT2D eigenvalue weighted by atomic mass is 10.0. The largest absolute Gasteiger partial charge is 0.466 e. The molecule has 12 heteroatoms. The second-order valence-electron chi connectivity index (χ2n) is 8.13. The lowest BCUT2D eigenvalue weighted by Gasteiger charge is -2.20. The number of methoxy groups -OCH3 is 1. The Bertz CT molecular complexity index is 1340. The number of ether oxygens (including phenoxy) is 1. The molecule has 0 radical (unpaired) electrons. The Morgan fingerprint density at radius 3 is 2.87 bits per heavy atom. The molecule has 1 aliphatic heterocycles. The van der Waals surface area contributed by atoms with Crippen molar-refractivity contribution in [3.05, 3.63) is 28.9 Å². The number of rotatable bonds is 3. The number of likely N-dealkylation sites (tertiary alicyclic amines) is 1. The Kier molecular flexibility index (Phi) is 4.03. The lowest BCUT2D eigenvalue weighted by molar-refractivity contribution is 0.217. The quantitative estimate of drug-likeness (QED) is 0.447. The Morgan fingerprint density at radius 1 is 1.32 bits per heavy atom. The highest BCUT2D eigenvalue weighted by Gasteiger charge is 2.44. The summed E-state index contributed by atoms with van der Waals surface area (Å²) < 4.78 is 10.8. The normalized spacial score (nSPS) is 23.0. The van der Waals surface area contributed by atoms with Gasteiger partial charge in [-0.15, -0.1) is 4.37 Å². The van der Waals surface area contributed by atoms with Crippen LogP contribution >= 0.6 is 11.5 Å². The predicted molar refractivity (Wildman–Crippen MR) is 115 cm³/mol. The number of hydrogen-bond acceptors (Lipinski definition) is 7. The molecule has 4 aromatic heterocycles. The summed E-state index contributed by atoms with van der Waals surface area (Å²) in [4.78, 5) is 41.8. The molecule has 1 aliphatic carbocycles. The average molecular weight is 440 g/mol. The first-order chi connectivity index (χ1) is 15.1. The van der Waals surface area contributed by atoms with Crippen molar-refractivity contribution in [1.29, 1.82) is 0 Å². The number of anilines is 1. The topological polar surface area (TPSA) is 134 Å². The fraction of sp³-hybridized carbons (Fsp3) is 0.421. The number of imidazole rings is 1. The highest BCUT2D eigenvalue weighted by atomic mass is 32.1. The van der Waals surface area contributed by atoms with E-state index in [-0.39, 0.29) is 23.8 Å². The number of H-pyrrole nitrogens is 2. The van der Waals surface area contributed by atoms with Crippen LogP contribution in [-0.4, -0.2) is 60.0 Å². The molecule has 1 saturated carbocycles. The number of aromatic nitrogens is 6. The Hall–Kier alpha value is -3.41. The van der Waals surface area contributed by atoms with E-state index in [2.05, 4.69) is 29.6 Å². The van der Waals surface area contributed by atoms with E-state index in [9.17, 15) is 9.59 Å². The number of urea groups is 1. The van der Waals surface area contributed by atoms with Crippen molar-refractivity contribution in [1.82, 2.24) is 33.8 Å². The van der Waals surface area contributed by atoms with Crippen LogP contribution in [0.25, 0.3) is 22.1 Å². The van der Waals surface area contributed by atoms with Crippen LogP contribution in [0.1, 0.15) is 18.9 Å². The molecule has 2 fully saturated rings. The van der Waals surface area contributed by atoms with Crippen molar-refractivity contribution in [2.75, 3.05) is 25.5 Å². The molecule has 5 heterocycles. The highest BCUT2D eigenvalue weighted by Crippen LogP contribution is 2.44. The summed E-state index contributed by atoms with van der Waals surface area (Å²) in [5, 5.41) is 4.17. The fourth-order valence-electron chi connectivity index (χ4n) is 5.13. The van der Waals surface area contributed by atoms with E-state index in [4.69, 9.17) is 4.74 Å². The molecular formula is C19H20N8O3S. The van der Waals surface area contributed by atoms with Gasteiger partial charge in [0, 0.05) is 42.2 Å². The van der Waals surface area contributed by atoms with Crippen molar-refractivity contribution in [2.24, 2.45) is 11.8 Å². The van der Waals surface area contributed by atoms with E-state index in [0.717, 1.165) is 46.4 Å². The van der Waals surface area contributed by atoms with Gasteiger partial charge in [-0.05, 0) is 30.7 Å². The van der Waals surface area contributed by atoms with Crippen LogP contribution in [0.2, 0.25) is 0 Å². The molecule has 0 spiro atoms. The lowest BCUT2D eigenvalue weighted by Crippen LogP contribution is -2.34. The number of carbonyl (C=O) groups excluding carboxylic acids is 1. The van der Waals surface area contributed by atoms with Crippen molar-refractivity contribution in [3.63, 3.8) is 0 Å². The van der Waals surface area contributed by atoms with E-state index in [1.165, 1.54) is 7.11 Å². The van der Waals surface area contributed by atoms with Gasteiger partial charge in [-0.1, -0.05) is 0 Å². The molecule has 1 unspecified atom stereocenters. The number of fused-ring (bicyclic) bond motifs is 4. The maximum Gasteiger partial charge on any atom is 0.329 e. The number of hydrogen-bond donors (Lipinski definition) is 3. The number of amides is 2. The number of aromatic amines is 2. The summed E-state index contributed by atoms with van der Waals surface area (Å²) >= 11 is 1.09. The Balaban J connectivity index is 1.20. The third kappa shape index (κ3) is 2.89. The van der Waals surface area contributed by atoms with Crippen molar-refractivity contribution >= 4 is 44.8 Å². The number of nitrogens with one attached hydrogen (secondary N) is 3. The van der Waals surface area contributed by atoms with E-state index >= 15 is 0 Å². The van der Waals surface area contributed by atoms with E-state index in [0.29, 0.717) is 30.1 Å². The first kappa shape index (κ1) is 18.4. The van der Waals surface area contributed by atoms with Gasteiger partial charge in [0.05, 0.1) is 24.3 Å². The van der Waals surface area contributed by atoms with Crippen LogP contribution in [0.3, 0.4) is 0 Å².